The summed E-state index contributed by atoms with van der Waals surface area (Å²) in [5.74, 6) is -0.675. The average Bonchev–Trinajstić information content (AvgIpc) is 2.98. The van der Waals surface area contributed by atoms with E-state index in [2.05, 4.69) is 17.6 Å². The van der Waals surface area contributed by atoms with Crippen LogP contribution in [0.25, 0.3) is 0 Å². The van der Waals surface area contributed by atoms with Crippen molar-refractivity contribution in [2.45, 2.75) is 97.8 Å². The summed E-state index contributed by atoms with van der Waals surface area (Å²) in [6, 6.07) is 19.9. The summed E-state index contributed by atoms with van der Waals surface area (Å²) >= 11 is 0. The van der Waals surface area contributed by atoms with Crippen LogP contribution in [-0.4, -0.2) is 46.1 Å². The molecule has 0 radical (unpaired) electrons. The van der Waals surface area contributed by atoms with E-state index in [1.165, 1.54) is 0 Å². The maximum absolute atomic E-state index is 14.7. The van der Waals surface area contributed by atoms with Gasteiger partial charge in [-0.2, -0.15) is 0 Å². The minimum Gasteiger partial charge on any atom is -0.508 e. The number of amides is 3. The van der Waals surface area contributed by atoms with E-state index >= 15 is 0 Å². The van der Waals surface area contributed by atoms with Gasteiger partial charge in [0, 0.05) is 18.7 Å². The number of hydrogen-bond acceptors (Lipinski definition) is 5. The van der Waals surface area contributed by atoms with Gasteiger partial charge in [0.2, 0.25) is 5.91 Å². The second-order valence-electron chi connectivity index (χ2n) is 12.6. The van der Waals surface area contributed by atoms with Crippen LogP contribution in [0.4, 0.5) is 10.5 Å². The van der Waals surface area contributed by atoms with Crippen molar-refractivity contribution in [2.75, 3.05) is 11.9 Å². The molecule has 0 aliphatic carbocycles. The van der Waals surface area contributed by atoms with Gasteiger partial charge in [-0.3, -0.25) is 9.59 Å². The van der Waals surface area contributed by atoms with E-state index in [0.29, 0.717) is 29.8 Å². The second-order valence-corrected chi connectivity index (χ2v) is 12.6. The van der Waals surface area contributed by atoms with E-state index < -0.39 is 29.7 Å². The fourth-order valence-corrected chi connectivity index (χ4v) is 5.19. The van der Waals surface area contributed by atoms with Crippen molar-refractivity contribution in [1.29, 1.82) is 0 Å². The van der Waals surface area contributed by atoms with Crippen molar-refractivity contribution in [3.8, 4) is 5.75 Å². The lowest BCUT2D eigenvalue weighted by Gasteiger charge is -2.35. The molecule has 8 nitrogen and oxygen atoms in total. The topological polar surface area (TPSA) is 108 Å². The molecule has 0 saturated heterocycles. The van der Waals surface area contributed by atoms with E-state index in [4.69, 9.17) is 4.74 Å². The molecule has 3 rings (SSSR count). The van der Waals surface area contributed by atoms with Gasteiger partial charge in [-0.15, -0.1) is 0 Å². The van der Waals surface area contributed by atoms with Crippen LogP contribution in [-0.2, 0) is 20.7 Å². The zero-order valence-corrected chi connectivity index (χ0v) is 27.6. The van der Waals surface area contributed by atoms with Crippen LogP contribution in [0, 0.1) is 13.8 Å². The molecule has 3 aromatic carbocycles. The van der Waals surface area contributed by atoms with E-state index in [9.17, 15) is 19.5 Å². The van der Waals surface area contributed by atoms with Crippen LogP contribution in [0.3, 0.4) is 0 Å². The molecular weight excluding hydrogens is 566 g/mol. The molecule has 0 heterocycles. The Kier molecular flexibility index (Phi) is 13.0. The maximum Gasteiger partial charge on any atom is 0.408 e. The van der Waals surface area contributed by atoms with Crippen LogP contribution < -0.4 is 10.6 Å². The molecule has 0 aliphatic heterocycles. The summed E-state index contributed by atoms with van der Waals surface area (Å²) in [6.07, 6.45) is 4.26. The number of aryl methyl sites for hydroxylation is 2. The first kappa shape index (κ1) is 35.2. The average molecular weight is 616 g/mol. The summed E-state index contributed by atoms with van der Waals surface area (Å²) < 4.78 is 5.55. The standard InChI is InChI=1S/C37H49N3O5/c1-7-8-9-10-16-23-40(35(43)31(25-28-18-12-11-13-19-28)39-36(44)45-37(4,5)6)33(29-21-22-32(41)27(3)24-29)34(42)38-30-20-15-14-17-26(30)2/h11-15,17-22,24,31,33,41H,7-10,16,23,25H2,1-6H3,(H,38,42)(H,39,44). The number of unbranched alkanes of at least 4 members (excludes halogenated alkanes) is 4. The Morgan fingerprint density at radius 2 is 1.53 bits per heavy atom. The van der Waals surface area contributed by atoms with Crippen LogP contribution in [0.15, 0.2) is 72.8 Å². The number of anilines is 1. The van der Waals surface area contributed by atoms with Crippen molar-refractivity contribution in [3.63, 3.8) is 0 Å². The Labute approximate surface area is 268 Å². The summed E-state index contributed by atoms with van der Waals surface area (Å²) in [6.45, 7) is 11.4. The lowest BCUT2D eigenvalue weighted by Crippen LogP contribution is -2.53. The van der Waals surface area contributed by atoms with E-state index in [1.807, 2.05) is 61.5 Å². The second kappa shape index (κ2) is 16.7. The van der Waals surface area contributed by atoms with Gasteiger partial charge in [-0.05, 0) is 81.5 Å². The highest BCUT2D eigenvalue weighted by molar-refractivity contribution is 5.99. The number of ether oxygens (including phenoxy) is 1. The van der Waals surface area contributed by atoms with E-state index in [-0.39, 0.29) is 18.1 Å². The molecule has 3 N–H and O–H groups in total. The number of carbonyl (C=O) groups excluding carboxylic acids is 3. The number of aromatic hydroxyl groups is 1. The Hall–Kier alpha value is -4.33. The fraction of sp³-hybridized carbons (Fsp3) is 0.432. The van der Waals surface area contributed by atoms with Gasteiger partial charge in [-0.25, -0.2) is 4.79 Å². The first-order valence-corrected chi connectivity index (χ1v) is 15.9. The smallest absolute Gasteiger partial charge is 0.408 e. The van der Waals surface area contributed by atoms with E-state index in [1.54, 1.807) is 50.8 Å². The molecule has 0 bridgehead atoms. The minimum atomic E-state index is -1.03. The molecule has 0 saturated carbocycles. The number of phenols is 1. The van der Waals surface area contributed by atoms with Crippen LogP contribution in [0.1, 0.15) is 88.1 Å². The molecule has 0 aliphatic rings. The summed E-state index contributed by atoms with van der Waals surface area (Å²) in [5.41, 5.74) is 2.78. The third-order valence-electron chi connectivity index (χ3n) is 7.56. The number of rotatable bonds is 14. The molecule has 3 amide bonds. The van der Waals surface area contributed by atoms with Crippen LogP contribution >= 0.6 is 0 Å². The van der Waals surface area contributed by atoms with Gasteiger partial charge in [0.15, 0.2) is 0 Å². The Bertz CT molecular complexity index is 1420. The number of hydrogen-bond donors (Lipinski definition) is 3. The number of phenolic OH excluding ortho intramolecular Hbond substituents is 1. The van der Waals surface area contributed by atoms with E-state index in [0.717, 1.165) is 36.8 Å². The highest BCUT2D eigenvalue weighted by Crippen LogP contribution is 2.29. The Morgan fingerprint density at radius 1 is 0.867 bits per heavy atom. The molecule has 8 heteroatoms. The molecule has 0 fully saturated rings. The van der Waals surface area contributed by atoms with Crippen LogP contribution in [0.2, 0.25) is 0 Å². The Morgan fingerprint density at radius 3 is 2.18 bits per heavy atom. The normalized spacial score (nSPS) is 12.6. The quantitative estimate of drug-likeness (QED) is 0.162. The molecule has 2 atom stereocenters. The number of nitrogens with one attached hydrogen (secondary N) is 2. The van der Waals surface area contributed by atoms with Crippen molar-refractivity contribution in [2.24, 2.45) is 0 Å². The van der Waals surface area contributed by atoms with Gasteiger partial charge < -0.3 is 25.4 Å². The molecule has 242 valence electrons. The zero-order valence-electron chi connectivity index (χ0n) is 27.6. The predicted molar refractivity (Wildman–Crippen MR) is 179 cm³/mol. The summed E-state index contributed by atoms with van der Waals surface area (Å²) in [7, 11) is 0. The van der Waals surface area contributed by atoms with Gasteiger partial charge >= 0.3 is 6.09 Å². The Balaban J connectivity index is 2.09. The predicted octanol–water partition coefficient (Wildman–Crippen LogP) is 7.62. The minimum absolute atomic E-state index is 0.0998. The molecule has 3 aromatic rings. The molecular formula is C37H49N3O5. The van der Waals surface area contributed by atoms with Crippen molar-refractivity contribution in [1.82, 2.24) is 10.2 Å². The van der Waals surface area contributed by atoms with Gasteiger partial charge in [-0.1, -0.05) is 87.2 Å². The van der Waals surface area contributed by atoms with Gasteiger partial charge in [0.1, 0.15) is 23.4 Å². The van der Waals surface area contributed by atoms with Crippen molar-refractivity contribution in [3.05, 3.63) is 95.1 Å². The van der Waals surface area contributed by atoms with Crippen LogP contribution in [0.5, 0.6) is 5.75 Å². The maximum atomic E-state index is 14.7. The van der Waals surface area contributed by atoms with Crippen molar-refractivity contribution >= 4 is 23.6 Å². The number of para-hydroxylation sites is 1. The molecule has 45 heavy (non-hydrogen) atoms. The number of benzene rings is 3. The number of alkyl carbamates (subject to hydrolysis) is 1. The van der Waals surface area contributed by atoms with Gasteiger partial charge in [0.25, 0.3) is 5.91 Å². The first-order valence-electron chi connectivity index (χ1n) is 15.9. The molecule has 0 spiro atoms. The third kappa shape index (κ3) is 11.0. The lowest BCUT2D eigenvalue weighted by atomic mass is 9.98. The monoisotopic (exact) mass is 615 g/mol. The zero-order chi connectivity index (χ0) is 33.0. The summed E-state index contributed by atoms with van der Waals surface area (Å²) in [5, 5.41) is 16.2. The summed E-state index contributed by atoms with van der Waals surface area (Å²) in [4.78, 5) is 43.6. The fourth-order valence-electron chi connectivity index (χ4n) is 5.19. The lowest BCUT2D eigenvalue weighted by molar-refractivity contribution is -0.140. The largest absolute Gasteiger partial charge is 0.508 e. The highest BCUT2D eigenvalue weighted by atomic mass is 16.6. The SMILES string of the molecule is CCCCCCCN(C(=O)C(Cc1ccccc1)NC(=O)OC(C)(C)C)C(C(=O)Nc1ccccc1C)c1ccc(O)c(C)c1. The first-order chi connectivity index (χ1) is 21.4. The third-order valence-corrected chi connectivity index (χ3v) is 7.56. The van der Waals surface area contributed by atoms with Crippen molar-refractivity contribution < 1.29 is 24.2 Å². The molecule has 0 aromatic heterocycles. The van der Waals surface area contributed by atoms with Gasteiger partial charge in [0.05, 0.1) is 0 Å². The number of nitrogens with zero attached hydrogens (tertiary/aromatic N) is 1. The molecule has 2 unspecified atom stereocenters. The highest BCUT2D eigenvalue weighted by Gasteiger charge is 2.36. The number of carbonyl (C=O) groups is 3.